The maximum atomic E-state index is 13.9. The summed E-state index contributed by atoms with van der Waals surface area (Å²) in [6.45, 7) is 8.98. The Bertz CT molecular complexity index is 1210. The number of hydrogen-bond acceptors (Lipinski definition) is 7. The summed E-state index contributed by atoms with van der Waals surface area (Å²) in [6, 6.07) is 5.38. The molecule has 1 aliphatic carbocycles. The molecule has 1 aromatic carbocycles. The van der Waals surface area contributed by atoms with Gasteiger partial charge >= 0.3 is 12.0 Å². The second-order valence-corrected chi connectivity index (χ2v) is 12.2. The predicted octanol–water partition coefficient (Wildman–Crippen LogP) is 1.45. The number of rotatable bonds is 13. The number of esters is 1. The number of ketones is 1. The molecule has 0 spiro atoms. The number of Topliss-reactive ketones (excluding diaryl/α,β-unsaturated/α-hetero) is 1. The van der Waals surface area contributed by atoms with Crippen LogP contribution in [0.25, 0.3) is 0 Å². The molecule has 12 heteroatoms. The van der Waals surface area contributed by atoms with E-state index >= 15 is 0 Å². The highest BCUT2D eigenvalue weighted by atomic mass is 16.5. The minimum atomic E-state index is -1.05. The quantitative estimate of drug-likeness (QED) is 0.152. The van der Waals surface area contributed by atoms with E-state index < -0.39 is 65.6 Å². The van der Waals surface area contributed by atoms with Gasteiger partial charge in [0.15, 0.2) is 0 Å². The normalized spacial score (nSPS) is 19.4. The standard InChI is InChI=1S/C31H43N5O7/c1-6-19-15-23(27(39)34-22(14-20-12-13-20)25(38)28(40)32-5)36(17-19)29(41)26(31(2,3)4)35-30(42)33-16-24(37)43-18-21-10-8-7-9-11-21/h6-11,19-20,22-23,26H,1,12-18H2,2-5H3,(H,32,40)(H,34,39)(H2,33,35,42)/t19-,22?,23+,26-/m1/s1. The number of benzene rings is 1. The third-order valence-electron chi connectivity index (χ3n) is 7.63. The lowest BCUT2D eigenvalue weighted by Crippen LogP contribution is -2.60. The first-order valence-electron chi connectivity index (χ1n) is 14.6. The lowest BCUT2D eigenvalue weighted by Gasteiger charge is -2.35. The van der Waals surface area contributed by atoms with Gasteiger partial charge in [-0.25, -0.2) is 4.79 Å². The van der Waals surface area contributed by atoms with E-state index in [1.807, 2.05) is 30.3 Å². The number of likely N-dealkylation sites (tertiary alicyclic amines) is 1. The summed E-state index contributed by atoms with van der Waals surface area (Å²) in [5.74, 6) is -3.13. The molecule has 1 saturated carbocycles. The van der Waals surface area contributed by atoms with Crippen LogP contribution >= 0.6 is 0 Å². The van der Waals surface area contributed by atoms with Crippen LogP contribution in [0, 0.1) is 17.3 Å². The number of urea groups is 1. The highest BCUT2D eigenvalue weighted by Crippen LogP contribution is 2.34. The molecule has 1 aromatic rings. The van der Waals surface area contributed by atoms with E-state index in [-0.39, 0.29) is 31.4 Å². The molecule has 43 heavy (non-hydrogen) atoms. The number of amides is 5. The first-order valence-corrected chi connectivity index (χ1v) is 14.6. The van der Waals surface area contributed by atoms with E-state index in [2.05, 4.69) is 27.8 Å². The number of hydrogen-bond donors (Lipinski definition) is 4. The monoisotopic (exact) mass is 597 g/mol. The van der Waals surface area contributed by atoms with Gasteiger partial charge in [0.2, 0.25) is 17.6 Å². The van der Waals surface area contributed by atoms with Gasteiger partial charge in [0.25, 0.3) is 5.91 Å². The van der Waals surface area contributed by atoms with Gasteiger partial charge in [-0.1, -0.05) is 70.0 Å². The minimum absolute atomic E-state index is 0.0607. The van der Waals surface area contributed by atoms with Crippen LogP contribution in [0.3, 0.4) is 0 Å². The zero-order valence-electron chi connectivity index (χ0n) is 25.3. The van der Waals surface area contributed by atoms with Gasteiger partial charge in [0, 0.05) is 13.6 Å². The maximum absolute atomic E-state index is 13.9. The molecule has 1 saturated heterocycles. The fourth-order valence-electron chi connectivity index (χ4n) is 4.94. The molecule has 234 valence electrons. The van der Waals surface area contributed by atoms with E-state index in [4.69, 9.17) is 4.74 Å². The fraction of sp³-hybridized carbons (Fsp3) is 0.548. The maximum Gasteiger partial charge on any atom is 0.325 e. The molecule has 0 bridgehead atoms. The average molecular weight is 598 g/mol. The van der Waals surface area contributed by atoms with Crippen LogP contribution < -0.4 is 21.3 Å². The number of nitrogens with one attached hydrogen (secondary N) is 4. The van der Waals surface area contributed by atoms with Crippen molar-refractivity contribution in [3.8, 4) is 0 Å². The number of carbonyl (C=O) groups is 6. The molecular weight excluding hydrogens is 554 g/mol. The van der Waals surface area contributed by atoms with E-state index in [9.17, 15) is 28.8 Å². The zero-order chi connectivity index (χ0) is 31.7. The number of ether oxygens (including phenoxy) is 1. The van der Waals surface area contributed by atoms with Crippen LogP contribution in [0.5, 0.6) is 0 Å². The van der Waals surface area contributed by atoms with Gasteiger partial charge in [-0.3, -0.25) is 24.0 Å². The Morgan fingerprint density at radius 3 is 2.33 bits per heavy atom. The van der Waals surface area contributed by atoms with Crippen molar-refractivity contribution in [1.29, 1.82) is 0 Å². The summed E-state index contributed by atoms with van der Waals surface area (Å²) in [6.07, 6.45) is 4.14. The third-order valence-corrected chi connectivity index (χ3v) is 7.63. The van der Waals surface area contributed by atoms with Gasteiger partial charge in [-0.05, 0) is 35.7 Å². The topological polar surface area (TPSA) is 163 Å². The fourth-order valence-corrected chi connectivity index (χ4v) is 4.94. The Hall–Kier alpha value is -4.22. The van der Waals surface area contributed by atoms with Gasteiger partial charge in [-0.2, -0.15) is 0 Å². The summed E-state index contributed by atoms with van der Waals surface area (Å²) in [5, 5.41) is 10.1. The number of nitrogens with zero attached hydrogens (tertiary/aromatic N) is 1. The molecule has 2 fully saturated rings. The van der Waals surface area contributed by atoms with Crippen molar-refractivity contribution in [2.45, 2.75) is 71.2 Å². The molecule has 5 amide bonds. The smallest absolute Gasteiger partial charge is 0.325 e. The highest BCUT2D eigenvalue weighted by molar-refractivity contribution is 6.38. The Labute approximate surface area is 252 Å². The summed E-state index contributed by atoms with van der Waals surface area (Å²) < 4.78 is 5.18. The van der Waals surface area contributed by atoms with Crippen LogP contribution in [0.15, 0.2) is 43.0 Å². The number of likely N-dealkylation sites (N-methyl/N-ethyl adjacent to an activating group) is 1. The van der Waals surface area contributed by atoms with Crippen LogP contribution in [-0.2, 0) is 35.3 Å². The van der Waals surface area contributed by atoms with Crippen LogP contribution in [0.1, 0.15) is 52.0 Å². The molecule has 2 aliphatic rings. The van der Waals surface area contributed by atoms with E-state index in [1.54, 1.807) is 26.8 Å². The molecule has 12 nitrogen and oxygen atoms in total. The SMILES string of the molecule is C=C[C@@H]1C[C@@H](C(=O)NC(CC2CC2)C(=O)C(=O)NC)N(C(=O)[C@@H](NC(=O)NCC(=O)OCc2ccccc2)C(C)(C)C)C1. The first-order chi connectivity index (χ1) is 20.3. The lowest BCUT2D eigenvalue weighted by molar-refractivity contribution is -0.144. The van der Waals surface area contributed by atoms with E-state index in [1.165, 1.54) is 11.9 Å². The van der Waals surface area contributed by atoms with Gasteiger partial charge in [0.1, 0.15) is 25.2 Å². The minimum Gasteiger partial charge on any atom is -0.460 e. The van der Waals surface area contributed by atoms with Crippen molar-refractivity contribution < 1.29 is 33.5 Å². The molecule has 4 atom stereocenters. The van der Waals surface area contributed by atoms with Crippen LogP contribution in [0.2, 0.25) is 0 Å². The molecule has 1 heterocycles. The molecule has 1 aliphatic heterocycles. The molecule has 0 aromatic heterocycles. The van der Waals surface area contributed by atoms with Crippen molar-refractivity contribution in [2.24, 2.45) is 17.3 Å². The first kappa shape index (κ1) is 33.3. The van der Waals surface area contributed by atoms with Gasteiger partial charge in [0.05, 0.1) is 6.04 Å². The van der Waals surface area contributed by atoms with Gasteiger partial charge in [-0.15, -0.1) is 6.58 Å². The second-order valence-electron chi connectivity index (χ2n) is 12.2. The van der Waals surface area contributed by atoms with Gasteiger partial charge < -0.3 is 30.9 Å². The van der Waals surface area contributed by atoms with Crippen molar-refractivity contribution in [3.05, 3.63) is 48.6 Å². The molecule has 1 unspecified atom stereocenters. The molecule has 0 radical (unpaired) electrons. The number of carbonyl (C=O) groups excluding carboxylic acids is 6. The Morgan fingerprint density at radius 2 is 1.74 bits per heavy atom. The van der Waals surface area contributed by atoms with E-state index in [0.29, 0.717) is 6.42 Å². The van der Waals surface area contributed by atoms with Crippen molar-refractivity contribution >= 4 is 35.5 Å². The summed E-state index contributed by atoms with van der Waals surface area (Å²) in [4.78, 5) is 78.5. The Balaban J connectivity index is 1.66. The molecule has 4 N–H and O–H groups in total. The van der Waals surface area contributed by atoms with Crippen LogP contribution in [0.4, 0.5) is 4.79 Å². The third kappa shape index (κ3) is 9.65. The zero-order valence-corrected chi connectivity index (χ0v) is 25.3. The Morgan fingerprint density at radius 1 is 1.07 bits per heavy atom. The highest BCUT2D eigenvalue weighted by Gasteiger charge is 2.45. The Kier molecular flexibility index (Phi) is 11.4. The van der Waals surface area contributed by atoms with Crippen molar-refractivity contribution in [3.63, 3.8) is 0 Å². The van der Waals surface area contributed by atoms with Crippen molar-refractivity contribution in [1.82, 2.24) is 26.2 Å². The second kappa shape index (κ2) is 14.8. The molecule has 3 rings (SSSR count). The largest absolute Gasteiger partial charge is 0.460 e. The summed E-state index contributed by atoms with van der Waals surface area (Å²) >= 11 is 0. The predicted molar refractivity (Wildman–Crippen MR) is 158 cm³/mol. The lowest BCUT2D eigenvalue weighted by atomic mass is 9.85. The summed E-state index contributed by atoms with van der Waals surface area (Å²) in [7, 11) is 1.35. The average Bonchev–Trinajstić information content (AvgIpc) is 3.70. The summed E-state index contributed by atoms with van der Waals surface area (Å²) in [5.41, 5.74) is 0.0387. The van der Waals surface area contributed by atoms with E-state index in [0.717, 1.165) is 18.4 Å². The van der Waals surface area contributed by atoms with Crippen LogP contribution in [-0.4, -0.2) is 78.7 Å². The van der Waals surface area contributed by atoms with Crippen molar-refractivity contribution in [2.75, 3.05) is 20.1 Å². The molecular formula is C31H43N5O7.